The van der Waals surface area contributed by atoms with Crippen molar-refractivity contribution in [3.63, 3.8) is 0 Å². The number of nitrogens with zero attached hydrogens (tertiary/aromatic N) is 1. The Kier molecular flexibility index (Phi) is 5.87. The normalized spacial score (nSPS) is 12.3. The quantitative estimate of drug-likeness (QED) is 0.602. The van der Waals surface area contributed by atoms with Crippen molar-refractivity contribution in [3.05, 3.63) is 66.2 Å². The van der Waals surface area contributed by atoms with E-state index in [2.05, 4.69) is 5.32 Å². The number of anilines is 1. The third-order valence-electron chi connectivity index (χ3n) is 4.93. The zero-order valence-electron chi connectivity index (χ0n) is 17.5. The van der Waals surface area contributed by atoms with Gasteiger partial charge in [0, 0.05) is 7.05 Å². The summed E-state index contributed by atoms with van der Waals surface area (Å²) in [5, 5.41) is 14.4. The predicted molar refractivity (Wildman–Crippen MR) is 119 cm³/mol. The molecule has 0 saturated heterocycles. The van der Waals surface area contributed by atoms with Gasteiger partial charge in [0.1, 0.15) is 5.75 Å². The molecule has 0 aliphatic carbocycles. The molecule has 0 aliphatic heterocycles. The number of hydrogen-bond donors (Lipinski definition) is 2. The largest absolute Gasteiger partial charge is 0.506 e. The highest BCUT2D eigenvalue weighted by Gasteiger charge is 2.24. The second kappa shape index (κ2) is 8.08. The summed E-state index contributed by atoms with van der Waals surface area (Å²) in [5.74, 6) is -0.611. The van der Waals surface area contributed by atoms with Gasteiger partial charge < -0.3 is 10.4 Å². The molecule has 3 aromatic rings. The van der Waals surface area contributed by atoms with E-state index in [-0.39, 0.29) is 28.3 Å². The molecular weight excluding hydrogens is 400 g/mol. The molecule has 3 rings (SSSR count). The first-order chi connectivity index (χ1) is 14.0. The Labute approximate surface area is 177 Å². The molecule has 0 saturated carbocycles. The number of phenols is 1. The second-order valence-electron chi connectivity index (χ2n) is 8.30. The summed E-state index contributed by atoms with van der Waals surface area (Å²) in [6, 6.07) is 17.4. The van der Waals surface area contributed by atoms with Crippen molar-refractivity contribution in [2.24, 2.45) is 0 Å². The molecule has 7 heteroatoms. The van der Waals surface area contributed by atoms with Crippen LogP contribution < -0.4 is 5.32 Å². The number of carbonyl (C=O) groups excluding carboxylic acids is 1. The minimum absolute atomic E-state index is 0.0728. The SMILES string of the molecule is CN(CC(=O)Nc1cc(C(C)(C)C)ccc1O)S(=O)(=O)c1ccc2ccccc2c1. The topological polar surface area (TPSA) is 86.7 Å². The highest BCUT2D eigenvalue weighted by molar-refractivity contribution is 7.89. The molecule has 2 N–H and O–H groups in total. The van der Waals surface area contributed by atoms with Crippen LogP contribution in [0.15, 0.2) is 65.6 Å². The van der Waals surface area contributed by atoms with Gasteiger partial charge in [0.15, 0.2) is 0 Å². The first-order valence-electron chi connectivity index (χ1n) is 9.57. The molecule has 0 unspecified atom stereocenters. The van der Waals surface area contributed by atoms with Gasteiger partial charge in [-0.3, -0.25) is 4.79 Å². The van der Waals surface area contributed by atoms with Gasteiger partial charge in [0.05, 0.1) is 17.1 Å². The van der Waals surface area contributed by atoms with Crippen molar-refractivity contribution in [3.8, 4) is 5.75 Å². The number of nitrogens with one attached hydrogen (secondary N) is 1. The van der Waals surface area contributed by atoms with Crippen LogP contribution in [0.2, 0.25) is 0 Å². The first-order valence-corrected chi connectivity index (χ1v) is 11.0. The van der Waals surface area contributed by atoms with E-state index in [1.54, 1.807) is 24.3 Å². The minimum atomic E-state index is -3.85. The number of carbonyl (C=O) groups is 1. The van der Waals surface area contributed by atoms with Gasteiger partial charge in [0.2, 0.25) is 15.9 Å². The molecule has 0 radical (unpaired) electrons. The lowest BCUT2D eigenvalue weighted by atomic mass is 9.87. The highest BCUT2D eigenvalue weighted by atomic mass is 32.2. The van der Waals surface area contributed by atoms with Crippen molar-refractivity contribution in [1.82, 2.24) is 4.31 Å². The average Bonchev–Trinajstić information content (AvgIpc) is 2.68. The summed E-state index contributed by atoms with van der Waals surface area (Å²) < 4.78 is 26.8. The second-order valence-corrected chi connectivity index (χ2v) is 10.3. The summed E-state index contributed by atoms with van der Waals surface area (Å²) in [6.07, 6.45) is 0. The van der Waals surface area contributed by atoms with Gasteiger partial charge in [-0.25, -0.2) is 8.42 Å². The summed E-state index contributed by atoms with van der Waals surface area (Å²) >= 11 is 0. The van der Waals surface area contributed by atoms with Gasteiger partial charge in [0.25, 0.3) is 0 Å². The first kappa shape index (κ1) is 21.8. The van der Waals surface area contributed by atoms with E-state index < -0.39 is 15.9 Å². The molecule has 0 heterocycles. The van der Waals surface area contributed by atoms with Crippen LogP contribution in [0.3, 0.4) is 0 Å². The van der Waals surface area contributed by atoms with Gasteiger partial charge in [-0.2, -0.15) is 4.31 Å². The van der Waals surface area contributed by atoms with E-state index in [9.17, 15) is 18.3 Å². The summed E-state index contributed by atoms with van der Waals surface area (Å²) in [7, 11) is -2.49. The van der Waals surface area contributed by atoms with E-state index >= 15 is 0 Å². The van der Waals surface area contributed by atoms with E-state index in [4.69, 9.17) is 0 Å². The van der Waals surface area contributed by atoms with E-state index in [1.807, 2.05) is 45.0 Å². The minimum Gasteiger partial charge on any atom is -0.506 e. The molecule has 0 bridgehead atoms. The van der Waals surface area contributed by atoms with Crippen molar-refractivity contribution >= 4 is 32.4 Å². The number of hydrogen-bond acceptors (Lipinski definition) is 4. The molecule has 0 aliphatic rings. The van der Waals surface area contributed by atoms with Gasteiger partial charge in [-0.1, -0.05) is 57.2 Å². The number of rotatable bonds is 5. The molecule has 30 heavy (non-hydrogen) atoms. The van der Waals surface area contributed by atoms with E-state index in [0.29, 0.717) is 0 Å². The van der Waals surface area contributed by atoms with E-state index in [1.165, 1.54) is 19.2 Å². The Morgan fingerprint density at radius 1 is 1.00 bits per heavy atom. The molecule has 0 atom stereocenters. The highest BCUT2D eigenvalue weighted by Crippen LogP contribution is 2.30. The lowest BCUT2D eigenvalue weighted by molar-refractivity contribution is -0.116. The van der Waals surface area contributed by atoms with Gasteiger partial charge in [-0.05, 0) is 46.0 Å². The van der Waals surface area contributed by atoms with Crippen LogP contribution in [-0.4, -0.2) is 37.3 Å². The number of phenolic OH excluding ortho intramolecular Hbond substituents is 1. The number of likely N-dealkylation sites (N-methyl/N-ethyl adjacent to an activating group) is 1. The molecule has 1 amide bonds. The molecule has 0 aromatic heterocycles. The number of sulfonamides is 1. The van der Waals surface area contributed by atoms with Crippen LogP contribution in [-0.2, 0) is 20.2 Å². The summed E-state index contributed by atoms with van der Waals surface area (Å²) in [6.45, 7) is 5.69. The Morgan fingerprint density at radius 3 is 2.33 bits per heavy atom. The third-order valence-corrected chi connectivity index (χ3v) is 6.73. The summed E-state index contributed by atoms with van der Waals surface area (Å²) in [4.78, 5) is 12.6. The van der Waals surface area contributed by atoms with Crippen molar-refractivity contribution in [1.29, 1.82) is 0 Å². The lowest BCUT2D eigenvalue weighted by Crippen LogP contribution is -2.35. The Balaban J connectivity index is 1.77. The molecule has 0 spiro atoms. The van der Waals surface area contributed by atoms with Crippen LogP contribution in [0.5, 0.6) is 5.75 Å². The zero-order chi connectivity index (χ0) is 22.1. The van der Waals surface area contributed by atoms with Crippen molar-refractivity contribution in [2.75, 3.05) is 18.9 Å². The maximum atomic E-state index is 12.9. The predicted octanol–water partition coefficient (Wildman–Crippen LogP) is 4.10. The van der Waals surface area contributed by atoms with Gasteiger partial charge >= 0.3 is 0 Å². The molecular formula is C23H26N2O4S. The van der Waals surface area contributed by atoms with Crippen LogP contribution in [0.4, 0.5) is 5.69 Å². The Hall–Kier alpha value is -2.90. The average molecular weight is 427 g/mol. The maximum Gasteiger partial charge on any atom is 0.243 e. The van der Waals surface area contributed by atoms with Crippen molar-refractivity contribution in [2.45, 2.75) is 31.1 Å². The standard InChI is InChI=1S/C23H26N2O4S/c1-23(2,3)18-10-12-21(26)20(14-18)24-22(27)15-25(4)30(28,29)19-11-9-16-7-5-6-8-17(16)13-19/h5-14,26H,15H2,1-4H3,(H,24,27). The van der Waals surface area contributed by atoms with Crippen LogP contribution >= 0.6 is 0 Å². The number of aromatic hydroxyl groups is 1. The smallest absolute Gasteiger partial charge is 0.243 e. The molecule has 0 fully saturated rings. The zero-order valence-corrected chi connectivity index (χ0v) is 18.3. The van der Waals surface area contributed by atoms with Crippen molar-refractivity contribution < 1.29 is 18.3 Å². The van der Waals surface area contributed by atoms with Crippen LogP contribution in [0.25, 0.3) is 10.8 Å². The van der Waals surface area contributed by atoms with E-state index in [0.717, 1.165) is 20.6 Å². The monoisotopic (exact) mass is 426 g/mol. The molecule has 158 valence electrons. The number of amides is 1. The van der Waals surface area contributed by atoms with Gasteiger partial charge in [-0.15, -0.1) is 0 Å². The fourth-order valence-electron chi connectivity index (χ4n) is 3.09. The fourth-order valence-corrected chi connectivity index (χ4v) is 4.25. The number of benzene rings is 3. The molecule has 3 aromatic carbocycles. The Morgan fingerprint density at radius 2 is 1.67 bits per heavy atom. The maximum absolute atomic E-state index is 12.9. The third kappa shape index (κ3) is 4.63. The Bertz CT molecular complexity index is 1200. The summed E-state index contributed by atoms with van der Waals surface area (Å²) in [5.41, 5.74) is 1.03. The fraction of sp³-hybridized carbons (Fsp3) is 0.261. The van der Waals surface area contributed by atoms with Crippen LogP contribution in [0, 0.1) is 0 Å². The number of fused-ring (bicyclic) bond motifs is 1. The lowest BCUT2D eigenvalue weighted by Gasteiger charge is -2.21. The van der Waals surface area contributed by atoms with Crippen LogP contribution in [0.1, 0.15) is 26.3 Å². The molecule has 6 nitrogen and oxygen atoms in total.